The molecule has 186 valence electrons. The molecule has 1 atom stereocenters. The first-order valence-electron chi connectivity index (χ1n) is 10.2. The SMILES string of the molecule is CNC(=O)[C@@H](C)N(Cc1c(Cl)cccc1Cl)C(=O)CCCN(c1cc(Cl)ccc1Cl)S(C)(=O)=O. The van der Waals surface area contributed by atoms with Crippen LogP contribution < -0.4 is 9.62 Å². The van der Waals surface area contributed by atoms with E-state index in [2.05, 4.69) is 5.32 Å². The molecule has 0 aromatic heterocycles. The summed E-state index contributed by atoms with van der Waals surface area (Å²) >= 11 is 24.7. The Morgan fingerprint density at radius 1 is 1.03 bits per heavy atom. The van der Waals surface area contributed by atoms with E-state index in [0.717, 1.165) is 10.6 Å². The number of benzene rings is 2. The number of likely N-dealkylation sites (N-methyl/N-ethyl adjacent to an activating group) is 1. The predicted octanol–water partition coefficient (Wildman–Crippen LogP) is 5.01. The molecule has 0 spiro atoms. The molecular weight excluding hydrogens is 544 g/mol. The van der Waals surface area contributed by atoms with Crippen molar-refractivity contribution in [3.05, 3.63) is 62.1 Å². The summed E-state index contributed by atoms with van der Waals surface area (Å²) in [6, 6.07) is 8.68. The summed E-state index contributed by atoms with van der Waals surface area (Å²) in [5.41, 5.74) is 0.737. The molecule has 0 aliphatic carbocycles. The smallest absolute Gasteiger partial charge is 0.242 e. The van der Waals surface area contributed by atoms with Crippen molar-refractivity contribution < 1.29 is 18.0 Å². The van der Waals surface area contributed by atoms with Gasteiger partial charge in [-0.15, -0.1) is 0 Å². The van der Waals surface area contributed by atoms with Gasteiger partial charge in [0.2, 0.25) is 21.8 Å². The standard InChI is InChI=1S/C22H25Cl4N3O4S/c1-14(22(31)27-2)28(13-16-17(24)6-4-7-18(16)25)21(30)8-5-11-29(34(3,32)33)20-12-15(23)9-10-19(20)26/h4,6-7,9-10,12,14H,5,8,11,13H2,1-3H3,(H,27,31)/t14-/m1/s1. The van der Waals surface area contributed by atoms with Crippen molar-refractivity contribution in [1.82, 2.24) is 10.2 Å². The van der Waals surface area contributed by atoms with Crippen LogP contribution in [0.4, 0.5) is 5.69 Å². The number of halogens is 4. The van der Waals surface area contributed by atoms with Gasteiger partial charge in [-0.3, -0.25) is 13.9 Å². The molecule has 1 N–H and O–H groups in total. The number of nitrogens with one attached hydrogen (secondary N) is 1. The van der Waals surface area contributed by atoms with Gasteiger partial charge in [-0.25, -0.2) is 8.42 Å². The molecule has 12 heteroatoms. The third-order valence-electron chi connectivity index (χ3n) is 5.13. The highest BCUT2D eigenvalue weighted by Gasteiger charge is 2.27. The van der Waals surface area contributed by atoms with E-state index in [-0.39, 0.29) is 48.5 Å². The Morgan fingerprint density at radius 3 is 2.21 bits per heavy atom. The molecule has 0 unspecified atom stereocenters. The zero-order chi connectivity index (χ0) is 25.6. The van der Waals surface area contributed by atoms with Crippen LogP contribution in [0.25, 0.3) is 0 Å². The quantitative estimate of drug-likeness (QED) is 0.436. The van der Waals surface area contributed by atoms with E-state index >= 15 is 0 Å². The van der Waals surface area contributed by atoms with Crippen molar-refractivity contribution >= 4 is 73.9 Å². The van der Waals surface area contributed by atoms with Crippen LogP contribution in [0.3, 0.4) is 0 Å². The third-order valence-corrected chi connectivity index (χ3v) is 7.58. The average molecular weight is 569 g/mol. The van der Waals surface area contributed by atoms with Crippen LogP contribution in [0.5, 0.6) is 0 Å². The lowest BCUT2D eigenvalue weighted by molar-refractivity contribution is -0.140. The minimum absolute atomic E-state index is 0.0142. The van der Waals surface area contributed by atoms with E-state index in [1.165, 1.54) is 24.1 Å². The van der Waals surface area contributed by atoms with Gasteiger partial charge < -0.3 is 10.2 Å². The lowest BCUT2D eigenvalue weighted by atomic mass is 10.1. The van der Waals surface area contributed by atoms with Gasteiger partial charge in [-0.1, -0.05) is 52.5 Å². The zero-order valence-electron chi connectivity index (χ0n) is 18.8. The summed E-state index contributed by atoms with van der Waals surface area (Å²) in [6.45, 7) is 1.59. The van der Waals surface area contributed by atoms with Crippen LogP contribution >= 0.6 is 46.4 Å². The number of carbonyl (C=O) groups is 2. The Balaban J connectivity index is 2.23. The van der Waals surface area contributed by atoms with Gasteiger partial charge in [-0.2, -0.15) is 0 Å². The van der Waals surface area contributed by atoms with E-state index in [4.69, 9.17) is 46.4 Å². The summed E-state index contributed by atoms with van der Waals surface area (Å²) in [4.78, 5) is 26.8. The fourth-order valence-electron chi connectivity index (χ4n) is 3.30. The van der Waals surface area contributed by atoms with Gasteiger partial charge in [0.05, 0.1) is 17.0 Å². The molecule has 7 nitrogen and oxygen atoms in total. The van der Waals surface area contributed by atoms with Gasteiger partial charge in [0.15, 0.2) is 0 Å². The van der Waals surface area contributed by atoms with Crippen LogP contribution in [0.15, 0.2) is 36.4 Å². The second-order valence-corrected chi connectivity index (χ2v) is 11.1. The van der Waals surface area contributed by atoms with Crippen molar-refractivity contribution in [2.75, 3.05) is 24.2 Å². The van der Waals surface area contributed by atoms with Gasteiger partial charge in [0.1, 0.15) is 6.04 Å². The van der Waals surface area contributed by atoms with Crippen LogP contribution in [0, 0.1) is 0 Å². The molecule has 2 aromatic rings. The lowest BCUT2D eigenvalue weighted by Gasteiger charge is -2.29. The Labute approximate surface area is 220 Å². The molecule has 0 saturated heterocycles. The number of amides is 2. The molecule has 0 aliphatic heterocycles. The number of carbonyl (C=O) groups excluding carboxylic acids is 2. The molecule has 0 radical (unpaired) electrons. The Morgan fingerprint density at radius 2 is 1.65 bits per heavy atom. The number of rotatable bonds is 10. The third kappa shape index (κ3) is 7.39. The molecule has 0 fully saturated rings. The van der Waals surface area contributed by atoms with Crippen LogP contribution in [0.2, 0.25) is 20.1 Å². The highest BCUT2D eigenvalue weighted by molar-refractivity contribution is 7.92. The number of anilines is 1. The predicted molar refractivity (Wildman–Crippen MR) is 138 cm³/mol. The minimum Gasteiger partial charge on any atom is -0.357 e. The molecule has 0 aliphatic rings. The highest BCUT2D eigenvalue weighted by atomic mass is 35.5. The fourth-order valence-corrected chi connectivity index (χ4v) is 5.23. The van der Waals surface area contributed by atoms with E-state index in [0.29, 0.717) is 20.6 Å². The van der Waals surface area contributed by atoms with E-state index in [1.807, 2.05) is 0 Å². The van der Waals surface area contributed by atoms with E-state index in [1.54, 1.807) is 31.2 Å². The Kier molecular flexibility index (Phi) is 10.3. The van der Waals surface area contributed by atoms with Crippen molar-refractivity contribution in [3.63, 3.8) is 0 Å². The Hall–Kier alpha value is -1.71. The maximum Gasteiger partial charge on any atom is 0.242 e. The van der Waals surface area contributed by atoms with Crippen LogP contribution in [-0.4, -0.2) is 51.0 Å². The Bertz CT molecular complexity index is 1140. The van der Waals surface area contributed by atoms with Gasteiger partial charge in [-0.05, 0) is 43.7 Å². The maximum atomic E-state index is 13.2. The van der Waals surface area contributed by atoms with Gasteiger partial charge in [0, 0.05) is 47.2 Å². The van der Waals surface area contributed by atoms with Crippen molar-refractivity contribution in [1.29, 1.82) is 0 Å². The van der Waals surface area contributed by atoms with Crippen LogP contribution in [0.1, 0.15) is 25.3 Å². The first-order chi connectivity index (χ1) is 15.9. The monoisotopic (exact) mass is 567 g/mol. The largest absolute Gasteiger partial charge is 0.357 e. The zero-order valence-corrected chi connectivity index (χ0v) is 22.7. The lowest BCUT2D eigenvalue weighted by Crippen LogP contribution is -2.47. The van der Waals surface area contributed by atoms with E-state index in [9.17, 15) is 18.0 Å². The maximum absolute atomic E-state index is 13.2. The van der Waals surface area contributed by atoms with Crippen molar-refractivity contribution in [2.45, 2.75) is 32.4 Å². The minimum atomic E-state index is -3.70. The summed E-state index contributed by atoms with van der Waals surface area (Å²) in [5.74, 6) is -0.724. The summed E-state index contributed by atoms with van der Waals surface area (Å²) in [5, 5.41) is 3.80. The van der Waals surface area contributed by atoms with Crippen molar-refractivity contribution in [2.24, 2.45) is 0 Å². The van der Waals surface area contributed by atoms with E-state index < -0.39 is 16.1 Å². The summed E-state index contributed by atoms with van der Waals surface area (Å²) in [6.07, 6.45) is 1.18. The molecule has 2 amide bonds. The molecule has 0 bridgehead atoms. The molecule has 2 rings (SSSR count). The van der Waals surface area contributed by atoms with Crippen LogP contribution in [-0.2, 0) is 26.2 Å². The number of hydrogen-bond acceptors (Lipinski definition) is 4. The normalized spacial score (nSPS) is 12.2. The molecule has 0 heterocycles. The highest BCUT2D eigenvalue weighted by Crippen LogP contribution is 2.31. The first-order valence-corrected chi connectivity index (χ1v) is 13.6. The number of nitrogens with zero attached hydrogens (tertiary/aromatic N) is 2. The van der Waals surface area contributed by atoms with Crippen molar-refractivity contribution in [3.8, 4) is 0 Å². The number of sulfonamides is 1. The molecular formula is C22H25Cl4N3O4S. The second-order valence-electron chi connectivity index (χ2n) is 7.55. The molecule has 0 saturated carbocycles. The molecule has 34 heavy (non-hydrogen) atoms. The van der Waals surface area contributed by atoms with Gasteiger partial charge in [0.25, 0.3) is 0 Å². The second kappa shape index (κ2) is 12.3. The first kappa shape index (κ1) is 28.5. The summed E-state index contributed by atoms with van der Waals surface area (Å²) < 4.78 is 25.9. The van der Waals surface area contributed by atoms with Gasteiger partial charge >= 0.3 is 0 Å². The average Bonchev–Trinajstić information content (AvgIpc) is 2.76. The number of hydrogen-bond donors (Lipinski definition) is 1. The molecule has 2 aromatic carbocycles. The summed E-state index contributed by atoms with van der Waals surface area (Å²) in [7, 11) is -2.23. The fraction of sp³-hybridized carbons (Fsp3) is 0.364. The topological polar surface area (TPSA) is 86.8 Å².